The van der Waals surface area contributed by atoms with Gasteiger partial charge in [-0.25, -0.2) is 0 Å². The first-order valence-electron chi connectivity index (χ1n) is 7.16. The van der Waals surface area contributed by atoms with Gasteiger partial charge in [-0.05, 0) is 36.3 Å². The molecule has 2 aromatic carbocycles. The van der Waals surface area contributed by atoms with Gasteiger partial charge >= 0.3 is 0 Å². The SMILES string of the molecule is Nc1cccc2c3c(n(-c4ccccc4)c12)C=CC=CC3. The van der Waals surface area contributed by atoms with E-state index in [1.807, 2.05) is 18.2 Å². The van der Waals surface area contributed by atoms with E-state index in [0.29, 0.717) is 0 Å². The topological polar surface area (TPSA) is 30.9 Å². The molecule has 0 saturated carbocycles. The molecule has 4 rings (SSSR count). The molecular formula is C19H16N2. The number of hydrogen-bond acceptors (Lipinski definition) is 1. The van der Waals surface area contributed by atoms with Crippen LogP contribution in [0.4, 0.5) is 5.69 Å². The van der Waals surface area contributed by atoms with Crippen LogP contribution in [0.5, 0.6) is 0 Å². The van der Waals surface area contributed by atoms with E-state index in [2.05, 4.69) is 59.2 Å². The van der Waals surface area contributed by atoms with Crippen molar-refractivity contribution in [3.63, 3.8) is 0 Å². The van der Waals surface area contributed by atoms with E-state index < -0.39 is 0 Å². The first kappa shape index (κ1) is 12.0. The summed E-state index contributed by atoms with van der Waals surface area (Å²) in [6.07, 6.45) is 9.50. The minimum Gasteiger partial charge on any atom is -0.397 e. The highest BCUT2D eigenvalue weighted by atomic mass is 15.0. The third kappa shape index (κ3) is 1.80. The van der Waals surface area contributed by atoms with Gasteiger partial charge in [-0.2, -0.15) is 0 Å². The maximum Gasteiger partial charge on any atom is 0.0767 e. The lowest BCUT2D eigenvalue weighted by molar-refractivity contribution is 1.09. The van der Waals surface area contributed by atoms with Crippen LogP contribution < -0.4 is 5.73 Å². The van der Waals surface area contributed by atoms with Crippen molar-refractivity contribution in [2.75, 3.05) is 5.73 Å². The average Bonchev–Trinajstić information content (AvgIpc) is 2.68. The van der Waals surface area contributed by atoms with E-state index in [4.69, 9.17) is 5.73 Å². The predicted molar refractivity (Wildman–Crippen MR) is 89.6 cm³/mol. The normalized spacial score (nSPS) is 13.3. The number of aromatic nitrogens is 1. The van der Waals surface area contributed by atoms with Crippen LogP contribution in [0.1, 0.15) is 11.3 Å². The highest BCUT2D eigenvalue weighted by molar-refractivity contribution is 5.97. The Balaban J connectivity index is 2.17. The molecule has 1 heterocycles. The van der Waals surface area contributed by atoms with Crippen molar-refractivity contribution in [3.8, 4) is 5.69 Å². The largest absolute Gasteiger partial charge is 0.397 e. The molecule has 1 aliphatic rings. The third-order valence-corrected chi connectivity index (χ3v) is 4.00. The summed E-state index contributed by atoms with van der Waals surface area (Å²) < 4.78 is 2.27. The standard InChI is InChI=1S/C19H16N2/c20-17-12-7-11-16-15-10-5-2-6-13-18(15)21(19(16)17)14-8-3-1-4-9-14/h1-9,11-13H,10,20H2. The molecule has 0 radical (unpaired) electrons. The lowest BCUT2D eigenvalue weighted by Crippen LogP contribution is -1.99. The monoisotopic (exact) mass is 272 g/mol. The summed E-state index contributed by atoms with van der Waals surface area (Å²) in [5, 5.41) is 1.24. The van der Waals surface area contributed by atoms with Gasteiger partial charge in [0, 0.05) is 11.1 Å². The van der Waals surface area contributed by atoms with Crippen LogP contribution in [0.15, 0.2) is 66.8 Å². The number of fused-ring (bicyclic) bond motifs is 3. The van der Waals surface area contributed by atoms with Gasteiger partial charge in [0.25, 0.3) is 0 Å². The fraction of sp³-hybridized carbons (Fsp3) is 0.0526. The second-order valence-electron chi connectivity index (χ2n) is 5.27. The van der Waals surface area contributed by atoms with Crippen LogP contribution in [0.25, 0.3) is 22.7 Å². The molecule has 0 unspecified atom stereocenters. The Bertz CT molecular complexity index is 867. The van der Waals surface area contributed by atoms with E-state index in [9.17, 15) is 0 Å². The molecule has 2 nitrogen and oxygen atoms in total. The molecule has 102 valence electrons. The summed E-state index contributed by atoms with van der Waals surface area (Å²) in [5.74, 6) is 0. The quantitative estimate of drug-likeness (QED) is 0.656. The molecule has 0 bridgehead atoms. The van der Waals surface area contributed by atoms with Gasteiger partial charge in [0.1, 0.15) is 0 Å². The Morgan fingerprint density at radius 2 is 1.76 bits per heavy atom. The van der Waals surface area contributed by atoms with Gasteiger partial charge in [0.15, 0.2) is 0 Å². The number of rotatable bonds is 1. The smallest absolute Gasteiger partial charge is 0.0767 e. The number of nitrogens with zero attached hydrogens (tertiary/aromatic N) is 1. The van der Waals surface area contributed by atoms with Gasteiger partial charge in [0.2, 0.25) is 0 Å². The molecule has 0 aliphatic heterocycles. The number of benzene rings is 2. The Morgan fingerprint density at radius 1 is 0.905 bits per heavy atom. The number of hydrogen-bond donors (Lipinski definition) is 1. The minimum atomic E-state index is 0.821. The van der Waals surface area contributed by atoms with Crippen LogP contribution >= 0.6 is 0 Å². The van der Waals surface area contributed by atoms with Crippen molar-refractivity contribution in [3.05, 3.63) is 78.0 Å². The van der Waals surface area contributed by atoms with Crippen molar-refractivity contribution in [2.24, 2.45) is 0 Å². The van der Waals surface area contributed by atoms with E-state index in [1.165, 1.54) is 16.6 Å². The maximum absolute atomic E-state index is 6.28. The first-order valence-corrected chi connectivity index (χ1v) is 7.16. The minimum absolute atomic E-state index is 0.821. The van der Waals surface area contributed by atoms with Crippen LogP contribution in [-0.4, -0.2) is 4.57 Å². The van der Waals surface area contributed by atoms with E-state index in [-0.39, 0.29) is 0 Å². The van der Waals surface area contributed by atoms with Crippen LogP contribution in [0.2, 0.25) is 0 Å². The van der Waals surface area contributed by atoms with Crippen molar-refractivity contribution < 1.29 is 0 Å². The van der Waals surface area contributed by atoms with Gasteiger partial charge in [0.05, 0.1) is 16.9 Å². The maximum atomic E-state index is 6.28. The zero-order chi connectivity index (χ0) is 14.2. The van der Waals surface area contributed by atoms with Crippen molar-refractivity contribution in [1.29, 1.82) is 0 Å². The Labute approximate surface area is 123 Å². The molecule has 2 heteroatoms. The second-order valence-corrected chi connectivity index (χ2v) is 5.27. The van der Waals surface area contributed by atoms with Crippen LogP contribution in [0.3, 0.4) is 0 Å². The van der Waals surface area contributed by atoms with Crippen molar-refractivity contribution in [2.45, 2.75) is 6.42 Å². The molecule has 0 saturated heterocycles. The molecule has 0 atom stereocenters. The number of allylic oxidation sites excluding steroid dienone is 3. The highest BCUT2D eigenvalue weighted by Crippen LogP contribution is 2.35. The number of anilines is 1. The summed E-state index contributed by atoms with van der Waals surface area (Å²) in [7, 11) is 0. The fourth-order valence-corrected chi connectivity index (χ4v) is 3.09. The predicted octanol–water partition coefficient (Wildman–Crippen LogP) is 4.34. The average molecular weight is 272 g/mol. The molecular weight excluding hydrogens is 256 g/mol. The fourth-order valence-electron chi connectivity index (χ4n) is 3.09. The van der Waals surface area contributed by atoms with Gasteiger partial charge < -0.3 is 10.3 Å². The summed E-state index contributed by atoms with van der Waals surface area (Å²) in [5.41, 5.74) is 11.9. The highest BCUT2D eigenvalue weighted by Gasteiger charge is 2.17. The van der Waals surface area contributed by atoms with E-state index >= 15 is 0 Å². The molecule has 1 aromatic heterocycles. The number of nitrogen functional groups attached to an aromatic ring is 1. The lowest BCUT2D eigenvalue weighted by atomic mass is 10.1. The number of para-hydroxylation sites is 2. The van der Waals surface area contributed by atoms with Gasteiger partial charge in [-0.3, -0.25) is 0 Å². The van der Waals surface area contributed by atoms with Gasteiger partial charge in [-0.15, -0.1) is 0 Å². The summed E-state index contributed by atoms with van der Waals surface area (Å²) >= 11 is 0. The Kier molecular flexibility index (Phi) is 2.68. The van der Waals surface area contributed by atoms with Crippen molar-refractivity contribution >= 4 is 22.7 Å². The third-order valence-electron chi connectivity index (χ3n) is 4.00. The molecule has 3 aromatic rings. The first-order chi connectivity index (χ1) is 10.4. The summed E-state index contributed by atoms with van der Waals surface area (Å²) in [4.78, 5) is 0. The Hall–Kier alpha value is -2.74. The second kappa shape index (κ2) is 4.67. The molecule has 0 spiro atoms. The Morgan fingerprint density at radius 3 is 2.62 bits per heavy atom. The number of nitrogens with two attached hydrogens (primary N) is 1. The molecule has 0 amide bonds. The van der Waals surface area contributed by atoms with E-state index in [1.54, 1.807) is 0 Å². The summed E-state index contributed by atoms with van der Waals surface area (Å²) in [6.45, 7) is 0. The summed E-state index contributed by atoms with van der Waals surface area (Å²) in [6, 6.07) is 16.6. The van der Waals surface area contributed by atoms with Gasteiger partial charge in [-0.1, -0.05) is 48.6 Å². The zero-order valence-corrected chi connectivity index (χ0v) is 11.7. The lowest BCUT2D eigenvalue weighted by Gasteiger charge is -2.10. The van der Waals surface area contributed by atoms with Crippen LogP contribution in [0, 0.1) is 0 Å². The zero-order valence-electron chi connectivity index (χ0n) is 11.7. The molecule has 21 heavy (non-hydrogen) atoms. The molecule has 1 aliphatic carbocycles. The molecule has 0 fully saturated rings. The molecule has 2 N–H and O–H groups in total. The van der Waals surface area contributed by atoms with Crippen molar-refractivity contribution in [1.82, 2.24) is 4.57 Å². The van der Waals surface area contributed by atoms with E-state index in [0.717, 1.165) is 23.3 Å². The van der Waals surface area contributed by atoms with Crippen LogP contribution in [-0.2, 0) is 6.42 Å².